The van der Waals surface area contributed by atoms with E-state index in [4.69, 9.17) is 15.0 Å². The molecule has 0 N–H and O–H groups in total. The second-order valence-electron chi connectivity index (χ2n) is 12.4. The van der Waals surface area contributed by atoms with E-state index >= 15 is 0 Å². The molecule has 0 bridgehead atoms. The Balaban J connectivity index is 1.28. The molecule has 50 heavy (non-hydrogen) atoms. The maximum absolute atomic E-state index is 5.28. The van der Waals surface area contributed by atoms with Crippen LogP contribution in [0.25, 0.3) is 93.0 Å². The highest BCUT2D eigenvalue weighted by Crippen LogP contribution is 2.45. The van der Waals surface area contributed by atoms with Crippen LogP contribution in [0, 0.1) is 0 Å². The molecule has 0 unspecified atom stereocenters. The molecular weight excluding hydrogens is 629 g/mol. The van der Waals surface area contributed by atoms with Crippen molar-refractivity contribution < 1.29 is 0 Å². The molecule has 10 aromatic rings. The zero-order valence-corrected chi connectivity index (χ0v) is 27.7. The summed E-state index contributed by atoms with van der Waals surface area (Å²) in [7, 11) is 0. The van der Waals surface area contributed by atoms with E-state index in [1.165, 1.54) is 42.1 Å². The molecule has 0 aliphatic rings. The molecule has 234 valence electrons. The Labute approximate surface area is 292 Å². The molecule has 0 radical (unpaired) electrons. The lowest BCUT2D eigenvalue weighted by molar-refractivity contribution is 0.955. The van der Waals surface area contributed by atoms with Crippen molar-refractivity contribution in [3.05, 3.63) is 170 Å². The number of aromatic nitrogens is 4. The molecule has 0 fully saturated rings. The minimum atomic E-state index is 0.596. The van der Waals surface area contributed by atoms with E-state index in [9.17, 15) is 0 Å². The van der Waals surface area contributed by atoms with Gasteiger partial charge in [-0.25, -0.2) is 4.98 Å². The topological polar surface area (TPSA) is 43.6 Å². The SMILES string of the molecule is c1ccc(-c2cccc(-c3nc(-c4ccccc4)nc(-n4c5ccccc5c5ccc6c7cccc(-c8ccccc8)c7sc6c54)n3)c2)cc1. The lowest BCUT2D eigenvalue weighted by atomic mass is 10.0. The Hall–Kier alpha value is -6.43. The van der Waals surface area contributed by atoms with Crippen LogP contribution in [0.3, 0.4) is 0 Å². The fourth-order valence-electron chi connectivity index (χ4n) is 7.14. The van der Waals surface area contributed by atoms with Crippen molar-refractivity contribution in [2.45, 2.75) is 0 Å². The maximum atomic E-state index is 5.28. The number of nitrogens with zero attached hydrogens (tertiary/aromatic N) is 4. The van der Waals surface area contributed by atoms with E-state index in [1.807, 2.05) is 35.6 Å². The summed E-state index contributed by atoms with van der Waals surface area (Å²) in [4.78, 5) is 15.6. The molecule has 0 saturated heterocycles. The Bertz CT molecular complexity index is 2860. The Morgan fingerprint density at radius 1 is 0.380 bits per heavy atom. The average Bonchev–Trinajstić information content (AvgIpc) is 3.75. The largest absolute Gasteiger partial charge is 0.276 e. The molecule has 3 aromatic heterocycles. The number of para-hydroxylation sites is 1. The first-order valence-electron chi connectivity index (χ1n) is 16.7. The predicted molar refractivity (Wildman–Crippen MR) is 209 cm³/mol. The van der Waals surface area contributed by atoms with Gasteiger partial charge in [0.1, 0.15) is 0 Å². The number of thiophene rings is 1. The first-order chi connectivity index (χ1) is 24.8. The summed E-state index contributed by atoms with van der Waals surface area (Å²) >= 11 is 1.85. The van der Waals surface area contributed by atoms with Gasteiger partial charge in [0.05, 0.1) is 15.7 Å². The van der Waals surface area contributed by atoms with Crippen LogP contribution in [0.15, 0.2) is 170 Å². The van der Waals surface area contributed by atoms with Crippen LogP contribution in [0.2, 0.25) is 0 Å². The van der Waals surface area contributed by atoms with Crippen LogP contribution in [-0.2, 0) is 0 Å². The third-order valence-corrected chi connectivity index (χ3v) is 10.7. The monoisotopic (exact) mass is 656 g/mol. The van der Waals surface area contributed by atoms with E-state index in [0.29, 0.717) is 17.6 Å². The molecule has 0 atom stereocenters. The van der Waals surface area contributed by atoms with Gasteiger partial charge in [-0.3, -0.25) is 4.57 Å². The van der Waals surface area contributed by atoms with Gasteiger partial charge in [-0.2, -0.15) is 9.97 Å². The molecule has 0 aliphatic heterocycles. The van der Waals surface area contributed by atoms with Gasteiger partial charge in [0.25, 0.3) is 0 Å². The Kier molecular flexibility index (Phi) is 6.64. The summed E-state index contributed by atoms with van der Waals surface area (Å²) in [6, 6.07) is 59.5. The van der Waals surface area contributed by atoms with Gasteiger partial charge in [0.15, 0.2) is 11.6 Å². The highest BCUT2D eigenvalue weighted by molar-refractivity contribution is 7.27. The molecule has 0 saturated carbocycles. The predicted octanol–water partition coefficient (Wildman–Crippen LogP) is 12.0. The van der Waals surface area contributed by atoms with Gasteiger partial charge < -0.3 is 0 Å². The fourth-order valence-corrected chi connectivity index (χ4v) is 8.51. The average molecular weight is 657 g/mol. The molecule has 4 nitrogen and oxygen atoms in total. The van der Waals surface area contributed by atoms with Gasteiger partial charge in [-0.15, -0.1) is 11.3 Å². The first kappa shape index (κ1) is 28.6. The van der Waals surface area contributed by atoms with Crippen molar-refractivity contribution in [2.24, 2.45) is 0 Å². The summed E-state index contributed by atoms with van der Waals surface area (Å²) in [5.41, 5.74) is 8.77. The van der Waals surface area contributed by atoms with Crippen molar-refractivity contribution in [2.75, 3.05) is 0 Å². The summed E-state index contributed by atoms with van der Waals surface area (Å²) < 4.78 is 4.74. The molecule has 0 aliphatic carbocycles. The van der Waals surface area contributed by atoms with Gasteiger partial charge in [0.2, 0.25) is 5.95 Å². The zero-order chi connectivity index (χ0) is 33.0. The Morgan fingerprint density at radius 2 is 0.940 bits per heavy atom. The van der Waals surface area contributed by atoms with E-state index in [1.54, 1.807) is 0 Å². The number of benzene rings is 7. The van der Waals surface area contributed by atoms with Gasteiger partial charge >= 0.3 is 0 Å². The number of hydrogen-bond donors (Lipinski definition) is 0. The van der Waals surface area contributed by atoms with E-state index in [-0.39, 0.29) is 0 Å². The second kappa shape index (κ2) is 11.6. The number of fused-ring (bicyclic) bond motifs is 7. The van der Waals surface area contributed by atoms with E-state index in [2.05, 4.69) is 150 Å². The van der Waals surface area contributed by atoms with Crippen LogP contribution in [0.5, 0.6) is 0 Å². The van der Waals surface area contributed by atoms with Crippen LogP contribution in [0.1, 0.15) is 0 Å². The summed E-state index contributed by atoms with van der Waals surface area (Å²) in [6.45, 7) is 0. The molecule has 3 heterocycles. The minimum absolute atomic E-state index is 0.596. The fraction of sp³-hybridized carbons (Fsp3) is 0. The van der Waals surface area contributed by atoms with Crippen molar-refractivity contribution in [1.29, 1.82) is 0 Å². The summed E-state index contributed by atoms with van der Waals surface area (Å²) in [5, 5.41) is 4.83. The molecule has 10 rings (SSSR count). The lowest BCUT2D eigenvalue weighted by Crippen LogP contribution is -2.06. The Morgan fingerprint density at radius 3 is 1.72 bits per heavy atom. The van der Waals surface area contributed by atoms with Crippen molar-refractivity contribution in [3.8, 4) is 51.0 Å². The summed E-state index contributed by atoms with van der Waals surface area (Å²) in [6.07, 6.45) is 0. The first-order valence-corrected chi connectivity index (χ1v) is 17.5. The third-order valence-electron chi connectivity index (χ3n) is 9.47. The van der Waals surface area contributed by atoms with E-state index in [0.717, 1.165) is 33.3 Å². The molecule has 5 heteroatoms. The van der Waals surface area contributed by atoms with Crippen molar-refractivity contribution >= 4 is 53.3 Å². The quantitative estimate of drug-likeness (QED) is 0.185. The van der Waals surface area contributed by atoms with Crippen LogP contribution >= 0.6 is 11.3 Å². The molecule has 0 spiro atoms. The standard InChI is InChI=1S/C45H28N4S/c1-4-14-29(15-5-1)32-20-12-21-33(28-32)44-46-43(31-18-8-3-9-19-31)47-45(48-44)49-39-25-11-10-22-35(39)36-26-27-38-37-24-13-23-34(30-16-6-2-7-17-30)41(37)50-42(38)40(36)49/h1-28H. The number of rotatable bonds is 5. The van der Waals surface area contributed by atoms with Gasteiger partial charge in [-0.1, -0.05) is 158 Å². The normalized spacial score (nSPS) is 11.6. The second-order valence-corrected chi connectivity index (χ2v) is 13.5. The minimum Gasteiger partial charge on any atom is -0.276 e. The van der Waals surface area contributed by atoms with Crippen LogP contribution in [-0.4, -0.2) is 19.5 Å². The van der Waals surface area contributed by atoms with Crippen LogP contribution < -0.4 is 0 Å². The van der Waals surface area contributed by atoms with Crippen molar-refractivity contribution in [1.82, 2.24) is 19.5 Å². The maximum Gasteiger partial charge on any atom is 0.238 e. The van der Waals surface area contributed by atoms with Gasteiger partial charge in [0, 0.05) is 37.4 Å². The smallest absolute Gasteiger partial charge is 0.238 e. The van der Waals surface area contributed by atoms with E-state index < -0.39 is 0 Å². The number of hydrogen-bond acceptors (Lipinski definition) is 4. The molecule has 0 amide bonds. The van der Waals surface area contributed by atoms with Crippen LogP contribution in [0.4, 0.5) is 0 Å². The highest BCUT2D eigenvalue weighted by Gasteiger charge is 2.22. The van der Waals surface area contributed by atoms with Crippen molar-refractivity contribution in [3.63, 3.8) is 0 Å². The zero-order valence-electron chi connectivity index (χ0n) is 26.9. The molecular formula is C45H28N4S. The summed E-state index contributed by atoms with van der Waals surface area (Å²) in [5.74, 6) is 1.86. The third kappa shape index (κ3) is 4.63. The highest BCUT2D eigenvalue weighted by atomic mass is 32.1. The molecule has 7 aromatic carbocycles. The lowest BCUT2D eigenvalue weighted by Gasteiger charge is -2.12. The van der Waals surface area contributed by atoms with Gasteiger partial charge in [-0.05, 0) is 34.4 Å².